The zero-order chi connectivity index (χ0) is 15.7. The molecule has 0 saturated heterocycles. The molecule has 7 atom stereocenters. The van der Waals surface area contributed by atoms with Crippen LogP contribution in [0.5, 0.6) is 0 Å². The van der Waals surface area contributed by atoms with Crippen LogP contribution in [0.2, 0.25) is 0 Å². The number of carbonyl (C=O) groups is 1. The van der Waals surface area contributed by atoms with Crippen molar-refractivity contribution >= 4 is 5.78 Å². The highest BCUT2D eigenvalue weighted by atomic mass is 16.3. The van der Waals surface area contributed by atoms with Gasteiger partial charge in [0, 0.05) is 6.42 Å². The summed E-state index contributed by atoms with van der Waals surface area (Å²) in [5.74, 6) is 2.62. The van der Waals surface area contributed by atoms with Crippen molar-refractivity contribution in [3.05, 3.63) is 11.6 Å². The first-order valence-corrected chi connectivity index (χ1v) is 9.28. The van der Waals surface area contributed by atoms with Crippen LogP contribution in [0, 0.1) is 34.5 Å². The summed E-state index contributed by atoms with van der Waals surface area (Å²) in [6, 6.07) is 0. The third kappa shape index (κ3) is 1.85. The van der Waals surface area contributed by atoms with Crippen LogP contribution in [0.1, 0.15) is 65.7 Å². The van der Waals surface area contributed by atoms with Crippen LogP contribution < -0.4 is 0 Å². The van der Waals surface area contributed by atoms with Crippen molar-refractivity contribution < 1.29 is 9.90 Å². The van der Waals surface area contributed by atoms with Crippen LogP contribution in [0.4, 0.5) is 0 Å². The van der Waals surface area contributed by atoms with Crippen molar-refractivity contribution in [2.24, 2.45) is 34.5 Å². The van der Waals surface area contributed by atoms with E-state index < -0.39 is 0 Å². The van der Waals surface area contributed by atoms with Gasteiger partial charge in [-0.15, -0.1) is 0 Å². The number of hydrogen-bond donors (Lipinski definition) is 1. The van der Waals surface area contributed by atoms with Gasteiger partial charge in [-0.3, -0.25) is 4.79 Å². The minimum Gasteiger partial charge on any atom is -0.393 e. The molecular formula is C20H30O2. The molecule has 4 unspecified atom stereocenters. The lowest BCUT2D eigenvalue weighted by Crippen LogP contribution is -2.57. The van der Waals surface area contributed by atoms with Gasteiger partial charge in [0.2, 0.25) is 0 Å². The second-order valence-corrected chi connectivity index (χ2v) is 9.23. The molecule has 3 saturated carbocycles. The molecule has 22 heavy (non-hydrogen) atoms. The zero-order valence-electron chi connectivity index (χ0n) is 14.3. The van der Waals surface area contributed by atoms with Crippen molar-refractivity contribution in [2.75, 3.05) is 0 Å². The molecular weight excluding hydrogens is 272 g/mol. The molecule has 122 valence electrons. The van der Waals surface area contributed by atoms with E-state index in [4.69, 9.17) is 0 Å². The van der Waals surface area contributed by atoms with Crippen molar-refractivity contribution in [1.82, 2.24) is 0 Å². The number of aliphatic hydroxyl groups excluding tert-OH is 1. The van der Waals surface area contributed by atoms with Gasteiger partial charge in [0.1, 0.15) is 0 Å². The third-order valence-electron chi connectivity index (χ3n) is 7.99. The van der Waals surface area contributed by atoms with E-state index in [1.165, 1.54) is 31.3 Å². The minimum absolute atomic E-state index is 0.0551. The van der Waals surface area contributed by atoms with E-state index in [1.54, 1.807) is 0 Å². The molecule has 0 heterocycles. The first-order chi connectivity index (χ1) is 10.3. The molecule has 1 N–H and O–H groups in total. The Morgan fingerprint density at radius 2 is 2.05 bits per heavy atom. The van der Waals surface area contributed by atoms with Crippen molar-refractivity contribution in [3.63, 3.8) is 0 Å². The third-order valence-corrected chi connectivity index (χ3v) is 7.99. The van der Waals surface area contributed by atoms with E-state index >= 15 is 0 Å². The second-order valence-electron chi connectivity index (χ2n) is 9.23. The molecule has 0 aromatic heterocycles. The fourth-order valence-electron chi connectivity index (χ4n) is 7.13. The maximum atomic E-state index is 11.9. The maximum absolute atomic E-state index is 11.9. The molecule has 0 radical (unpaired) electrons. The lowest BCUT2D eigenvalue weighted by molar-refractivity contribution is -0.132. The first kappa shape index (κ1) is 14.9. The Bertz CT molecular complexity index is 536. The smallest absolute Gasteiger partial charge is 0.155 e. The highest BCUT2D eigenvalue weighted by Crippen LogP contribution is 2.66. The van der Waals surface area contributed by atoms with Crippen LogP contribution in [0.25, 0.3) is 0 Å². The summed E-state index contributed by atoms with van der Waals surface area (Å²) in [4.78, 5) is 11.9. The summed E-state index contributed by atoms with van der Waals surface area (Å²) in [5, 5.41) is 11.1. The van der Waals surface area contributed by atoms with Gasteiger partial charge < -0.3 is 5.11 Å². The molecule has 3 fully saturated rings. The number of fused-ring (bicyclic) bond motifs is 5. The number of hydrogen-bond acceptors (Lipinski definition) is 2. The second kappa shape index (κ2) is 4.69. The Balaban J connectivity index is 1.78. The van der Waals surface area contributed by atoms with Gasteiger partial charge in [0.15, 0.2) is 5.78 Å². The Hall–Kier alpha value is -0.630. The average Bonchev–Trinajstić information content (AvgIpc) is 2.82. The molecule has 2 nitrogen and oxygen atoms in total. The van der Waals surface area contributed by atoms with Crippen LogP contribution in [0.3, 0.4) is 0 Å². The van der Waals surface area contributed by atoms with Crippen molar-refractivity contribution in [2.45, 2.75) is 71.8 Å². The Morgan fingerprint density at radius 1 is 1.27 bits per heavy atom. The summed E-state index contributed by atoms with van der Waals surface area (Å²) in [5.41, 5.74) is 1.77. The topological polar surface area (TPSA) is 37.3 Å². The molecule has 0 amide bonds. The predicted molar refractivity (Wildman–Crippen MR) is 87.3 cm³/mol. The summed E-state index contributed by atoms with van der Waals surface area (Å²) in [7, 11) is 0. The Kier molecular flexibility index (Phi) is 3.18. The summed E-state index contributed by atoms with van der Waals surface area (Å²) in [6.45, 7) is 7.08. The zero-order valence-corrected chi connectivity index (χ0v) is 14.3. The first-order valence-electron chi connectivity index (χ1n) is 9.28. The van der Waals surface area contributed by atoms with Gasteiger partial charge in [-0.25, -0.2) is 0 Å². The lowest BCUT2D eigenvalue weighted by Gasteiger charge is -2.60. The van der Waals surface area contributed by atoms with Crippen molar-refractivity contribution in [1.29, 1.82) is 0 Å². The monoisotopic (exact) mass is 302 g/mol. The highest BCUT2D eigenvalue weighted by Gasteiger charge is 2.60. The molecule has 2 heteroatoms. The van der Waals surface area contributed by atoms with E-state index in [9.17, 15) is 9.90 Å². The van der Waals surface area contributed by atoms with E-state index in [2.05, 4.69) is 20.8 Å². The van der Waals surface area contributed by atoms with Crippen molar-refractivity contribution in [3.8, 4) is 0 Å². The predicted octanol–water partition coefficient (Wildman–Crippen LogP) is 4.13. The number of carbonyl (C=O) groups excluding carboxylic acids is 1. The summed E-state index contributed by atoms with van der Waals surface area (Å²) < 4.78 is 0. The molecule has 0 aromatic rings. The normalized spacial score (nSPS) is 54.3. The van der Waals surface area contributed by atoms with E-state index in [-0.39, 0.29) is 11.5 Å². The number of ketones is 1. The van der Waals surface area contributed by atoms with Crippen LogP contribution in [0.15, 0.2) is 11.6 Å². The lowest BCUT2D eigenvalue weighted by atomic mass is 9.45. The molecule has 0 aromatic carbocycles. The van der Waals surface area contributed by atoms with Gasteiger partial charge in [-0.1, -0.05) is 32.8 Å². The van der Waals surface area contributed by atoms with E-state index in [1.807, 2.05) is 6.08 Å². The number of allylic oxidation sites excluding steroid dienone is 1. The molecule has 0 aliphatic heterocycles. The molecule has 0 bridgehead atoms. The molecule has 4 aliphatic rings. The minimum atomic E-state index is -0.182. The molecule has 0 spiro atoms. The standard InChI is InChI=1S/C20H30O2/c1-12-9-14-15-5-4-7-19(15,2)11-17(22)18(14)20(3)8-6-13(21)10-16(12)20/h10,12,14-15,17-18,22H,4-9,11H2,1-3H3/t12-,14?,15?,17-,18?,19?,20-/m0/s1. The summed E-state index contributed by atoms with van der Waals surface area (Å²) in [6.07, 6.45) is 9.52. The average molecular weight is 302 g/mol. The number of aliphatic hydroxyl groups is 1. The van der Waals surface area contributed by atoms with Crippen LogP contribution >= 0.6 is 0 Å². The fourth-order valence-corrected chi connectivity index (χ4v) is 7.13. The van der Waals surface area contributed by atoms with Gasteiger partial charge in [-0.2, -0.15) is 0 Å². The summed E-state index contributed by atoms with van der Waals surface area (Å²) >= 11 is 0. The quantitative estimate of drug-likeness (QED) is 0.730. The SMILES string of the molecule is C[C@H]1CC2C3CCCC3(C)C[C@H](O)C2[C@@]2(C)CCC(=O)C=C12. The molecule has 4 aliphatic carbocycles. The van der Waals surface area contributed by atoms with Gasteiger partial charge in [0.25, 0.3) is 0 Å². The van der Waals surface area contributed by atoms with Crippen LogP contribution in [-0.2, 0) is 4.79 Å². The largest absolute Gasteiger partial charge is 0.393 e. The molecule has 4 rings (SSSR count). The van der Waals surface area contributed by atoms with Gasteiger partial charge in [-0.05, 0) is 72.7 Å². The maximum Gasteiger partial charge on any atom is 0.155 e. The Morgan fingerprint density at radius 3 is 2.82 bits per heavy atom. The van der Waals surface area contributed by atoms with E-state index in [0.29, 0.717) is 35.4 Å². The van der Waals surface area contributed by atoms with Gasteiger partial charge in [0.05, 0.1) is 6.10 Å². The fraction of sp³-hybridized carbons (Fsp3) is 0.850. The van der Waals surface area contributed by atoms with E-state index in [0.717, 1.165) is 18.8 Å². The van der Waals surface area contributed by atoms with Crippen LogP contribution in [-0.4, -0.2) is 17.0 Å². The highest BCUT2D eigenvalue weighted by molar-refractivity contribution is 5.91. The number of rotatable bonds is 0. The Labute approximate surface area is 134 Å². The van der Waals surface area contributed by atoms with Gasteiger partial charge >= 0.3 is 0 Å².